The number of benzene rings is 2. The van der Waals surface area contributed by atoms with E-state index in [1.165, 1.54) is 12.1 Å². The molecule has 3 N–H and O–H groups in total. The van der Waals surface area contributed by atoms with Crippen LogP contribution in [0.1, 0.15) is 40.7 Å². The molecule has 1 fully saturated rings. The van der Waals surface area contributed by atoms with Crippen LogP contribution in [0.3, 0.4) is 0 Å². The van der Waals surface area contributed by atoms with Crippen LogP contribution in [-0.4, -0.2) is 21.9 Å². The molecule has 1 aliphatic rings. The highest BCUT2D eigenvalue weighted by Crippen LogP contribution is 2.45. The maximum atomic E-state index is 13.1. The lowest BCUT2D eigenvalue weighted by Gasteiger charge is -2.41. The molecule has 0 radical (unpaired) electrons. The van der Waals surface area contributed by atoms with Crippen LogP contribution in [0.15, 0.2) is 60.8 Å². The molecule has 1 aromatic heterocycles. The number of hydrogen-bond acceptors (Lipinski definition) is 4. The van der Waals surface area contributed by atoms with Crippen molar-refractivity contribution in [1.29, 1.82) is 0 Å². The summed E-state index contributed by atoms with van der Waals surface area (Å²) < 4.78 is 13.1. The van der Waals surface area contributed by atoms with E-state index >= 15 is 0 Å². The van der Waals surface area contributed by atoms with Gasteiger partial charge in [0.2, 0.25) is 5.91 Å². The third-order valence-corrected chi connectivity index (χ3v) is 6.01. The molecule has 6 nitrogen and oxygen atoms in total. The van der Waals surface area contributed by atoms with Crippen LogP contribution in [0.5, 0.6) is 0 Å². The normalized spacial score (nSPS) is 14.3. The molecular formula is C24H21ClFN3O3. The van der Waals surface area contributed by atoms with E-state index < -0.39 is 11.2 Å². The number of aliphatic hydroxyl groups excluding tert-OH is 1. The molecule has 1 saturated carbocycles. The molecule has 32 heavy (non-hydrogen) atoms. The quantitative estimate of drug-likeness (QED) is 0.505. The molecule has 1 aliphatic carbocycles. The first-order valence-electron chi connectivity index (χ1n) is 10.2. The van der Waals surface area contributed by atoms with Crippen molar-refractivity contribution >= 4 is 34.9 Å². The fourth-order valence-electron chi connectivity index (χ4n) is 3.83. The van der Waals surface area contributed by atoms with Gasteiger partial charge in [-0.15, -0.1) is 0 Å². The monoisotopic (exact) mass is 453 g/mol. The average Bonchev–Trinajstić information content (AvgIpc) is 2.75. The molecule has 0 saturated heterocycles. The third kappa shape index (κ3) is 4.35. The second-order valence-electron chi connectivity index (χ2n) is 7.75. The van der Waals surface area contributed by atoms with Crippen LogP contribution in [-0.2, 0) is 16.8 Å². The first-order chi connectivity index (χ1) is 15.4. The summed E-state index contributed by atoms with van der Waals surface area (Å²) in [6.07, 6.45) is 3.20. The van der Waals surface area contributed by atoms with Crippen molar-refractivity contribution in [2.45, 2.75) is 31.3 Å². The molecule has 164 valence electrons. The van der Waals surface area contributed by atoms with Gasteiger partial charge in [0, 0.05) is 21.8 Å². The average molecular weight is 454 g/mol. The van der Waals surface area contributed by atoms with Crippen molar-refractivity contribution in [3.05, 3.63) is 88.3 Å². The highest BCUT2D eigenvalue weighted by Gasteiger charge is 2.46. The van der Waals surface area contributed by atoms with Gasteiger partial charge in [0.05, 0.1) is 18.2 Å². The minimum absolute atomic E-state index is 0.234. The number of nitrogens with one attached hydrogen (secondary N) is 2. The molecule has 0 bridgehead atoms. The molecule has 4 rings (SSSR count). The SMILES string of the molecule is O=C(Nc1ccc(C2(C(=O)Nc3ccc(F)cn3)CCC2)cc1CO)c1cccc(Cl)c1. The van der Waals surface area contributed by atoms with Gasteiger partial charge in [-0.2, -0.15) is 0 Å². The Morgan fingerprint density at radius 3 is 2.53 bits per heavy atom. The lowest BCUT2D eigenvalue weighted by molar-refractivity contribution is -0.124. The number of hydrogen-bond donors (Lipinski definition) is 3. The number of halogens is 2. The van der Waals surface area contributed by atoms with Crippen molar-refractivity contribution < 1.29 is 19.1 Å². The van der Waals surface area contributed by atoms with Crippen molar-refractivity contribution in [3.8, 4) is 0 Å². The molecule has 0 aliphatic heterocycles. The second kappa shape index (κ2) is 9.06. The standard InChI is InChI=1S/C24H21ClFN3O3/c25-18-4-1-3-15(12-18)22(31)28-20-7-5-17(11-16(20)14-30)24(9-2-10-24)23(32)29-21-8-6-19(26)13-27-21/h1,3-8,11-13,30H,2,9-10,14H2,(H,28,31)(H,27,29,32). The van der Waals surface area contributed by atoms with Gasteiger partial charge in [-0.1, -0.05) is 36.2 Å². The highest BCUT2D eigenvalue weighted by molar-refractivity contribution is 6.31. The lowest BCUT2D eigenvalue weighted by Crippen LogP contribution is -2.46. The summed E-state index contributed by atoms with van der Waals surface area (Å²) in [6, 6.07) is 14.4. The van der Waals surface area contributed by atoms with Gasteiger partial charge in [0.1, 0.15) is 11.6 Å². The molecule has 2 amide bonds. The van der Waals surface area contributed by atoms with Gasteiger partial charge in [0.25, 0.3) is 5.91 Å². The van der Waals surface area contributed by atoms with E-state index in [0.717, 1.165) is 18.2 Å². The fraction of sp³-hybridized carbons (Fsp3) is 0.208. The summed E-state index contributed by atoms with van der Waals surface area (Å²) in [4.78, 5) is 29.6. The van der Waals surface area contributed by atoms with Gasteiger partial charge in [0.15, 0.2) is 0 Å². The van der Waals surface area contributed by atoms with Crippen LogP contribution in [0, 0.1) is 5.82 Å². The number of carbonyl (C=O) groups is 2. The topological polar surface area (TPSA) is 91.3 Å². The van der Waals surface area contributed by atoms with Crippen LogP contribution in [0.25, 0.3) is 0 Å². The van der Waals surface area contributed by atoms with E-state index in [-0.39, 0.29) is 24.2 Å². The van der Waals surface area contributed by atoms with Crippen LogP contribution in [0.2, 0.25) is 5.02 Å². The Labute approximate surface area is 189 Å². The Kier molecular flexibility index (Phi) is 6.21. The Bertz CT molecular complexity index is 1160. The number of rotatable bonds is 6. The summed E-state index contributed by atoms with van der Waals surface area (Å²) in [5, 5.41) is 15.9. The maximum Gasteiger partial charge on any atom is 0.255 e. The van der Waals surface area contributed by atoms with E-state index in [4.69, 9.17) is 11.6 Å². The van der Waals surface area contributed by atoms with Gasteiger partial charge in [-0.05, 0) is 54.8 Å². The van der Waals surface area contributed by atoms with Crippen LogP contribution >= 0.6 is 11.6 Å². The molecule has 2 aromatic carbocycles. The number of amides is 2. The van der Waals surface area contributed by atoms with Crippen molar-refractivity contribution in [2.24, 2.45) is 0 Å². The lowest BCUT2D eigenvalue weighted by atomic mass is 9.63. The molecule has 0 atom stereocenters. The Morgan fingerprint density at radius 1 is 1.09 bits per heavy atom. The predicted molar refractivity (Wildman–Crippen MR) is 120 cm³/mol. The van der Waals surface area contributed by atoms with Gasteiger partial charge >= 0.3 is 0 Å². The van der Waals surface area contributed by atoms with E-state index in [1.54, 1.807) is 42.5 Å². The fourth-order valence-corrected chi connectivity index (χ4v) is 4.02. The van der Waals surface area contributed by atoms with Crippen molar-refractivity contribution in [3.63, 3.8) is 0 Å². The molecule has 0 unspecified atom stereocenters. The van der Waals surface area contributed by atoms with Crippen LogP contribution in [0.4, 0.5) is 15.9 Å². The number of carbonyl (C=O) groups excluding carboxylic acids is 2. The summed E-state index contributed by atoms with van der Waals surface area (Å²) >= 11 is 5.96. The molecule has 1 heterocycles. The Hall–Kier alpha value is -3.29. The number of aromatic nitrogens is 1. The number of anilines is 2. The van der Waals surface area contributed by atoms with E-state index in [2.05, 4.69) is 15.6 Å². The first-order valence-corrected chi connectivity index (χ1v) is 10.5. The molecule has 0 spiro atoms. The van der Waals surface area contributed by atoms with Gasteiger partial charge in [-0.25, -0.2) is 9.37 Å². The Morgan fingerprint density at radius 2 is 1.91 bits per heavy atom. The van der Waals surface area contributed by atoms with Crippen molar-refractivity contribution in [1.82, 2.24) is 4.98 Å². The maximum absolute atomic E-state index is 13.1. The van der Waals surface area contributed by atoms with Gasteiger partial charge < -0.3 is 15.7 Å². The van der Waals surface area contributed by atoms with Gasteiger partial charge in [-0.3, -0.25) is 9.59 Å². The largest absolute Gasteiger partial charge is 0.392 e. The second-order valence-corrected chi connectivity index (χ2v) is 8.18. The van der Waals surface area contributed by atoms with E-state index in [1.807, 2.05) is 0 Å². The third-order valence-electron chi connectivity index (χ3n) is 5.77. The Balaban J connectivity index is 1.57. The zero-order chi connectivity index (χ0) is 22.7. The minimum atomic E-state index is -0.768. The summed E-state index contributed by atoms with van der Waals surface area (Å²) in [7, 11) is 0. The smallest absolute Gasteiger partial charge is 0.255 e. The predicted octanol–water partition coefficient (Wildman–Crippen LogP) is 4.68. The van der Waals surface area contributed by atoms with Crippen molar-refractivity contribution in [2.75, 3.05) is 10.6 Å². The number of pyridine rings is 1. The van der Waals surface area contributed by atoms with E-state index in [9.17, 15) is 19.1 Å². The molecule has 3 aromatic rings. The molecular weight excluding hydrogens is 433 g/mol. The first kappa shape index (κ1) is 21.9. The number of nitrogens with zero attached hydrogens (tertiary/aromatic N) is 1. The summed E-state index contributed by atoms with van der Waals surface area (Å²) in [6.45, 7) is -0.309. The van der Waals surface area contributed by atoms with Crippen LogP contribution < -0.4 is 10.6 Å². The zero-order valence-electron chi connectivity index (χ0n) is 17.1. The summed E-state index contributed by atoms with van der Waals surface area (Å²) in [5.41, 5.74) is 1.32. The minimum Gasteiger partial charge on any atom is -0.392 e. The van der Waals surface area contributed by atoms with E-state index in [0.29, 0.717) is 34.7 Å². The zero-order valence-corrected chi connectivity index (χ0v) is 17.8. The highest BCUT2D eigenvalue weighted by atomic mass is 35.5. The molecule has 8 heteroatoms. The summed E-state index contributed by atoms with van der Waals surface area (Å²) in [5.74, 6) is -0.796. The number of aliphatic hydroxyl groups is 1.